The van der Waals surface area contributed by atoms with Crippen LogP contribution in [0.4, 0.5) is 4.39 Å². The Labute approximate surface area is 111 Å². The molecule has 1 unspecified atom stereocenters. The van der Waals surface area contributed by atoms with Crippen molar-refractivity contribution in [3.63, 3.8) is 0 Å². The number of halogens is 2. The number of hydrogen-bond donors (Lipinski definition) is 2. The van der Waals surface area contributed by atoms with Gasteiger partial charge >= 0.3 is 0 Å². The van der Waals surface area contributed by atoms with Gasteiger partial charge < -0.3 is 5.73 Å². The predicted octanol–water partition coefficient (Wildman–Crippen LogP) is 1.80. The second-order valence-electron chi connectivity index (χ2n) is 4.20. The maximum Gasteiger partial charge on any atom is 0.242 e. The smallest absolute Gasteiger partial charge is 0.242 e. The Hall–Kier alpha value is -0.690. The normalized spacial score (nSPS) is 13.6. The van der Waals surface area contributed by atoms with Crippen LogP contribution < -0.4 is 10.5 Å². The van der Waals surface area contributed by atoms with E-state index in [0.717, 1.165) is 6.07 Å². The van der Waals surface area contributed by atoms with Crippen LogP contribution in [0.5, 0.6) is 0 Å². The average Bonchev–Trinajstić information content (AvgIpc) is 2.22. The van der Waals surface area contributed by atoms with Gasteiger partial charge in [0, 0.05) is 12.6 Å². The fourth-order valence-corrected chi connectivity index (χ4v) is 2.98. The highest BCUT2D eigenvalue weighted by Gasteiger charge is 2.19. The second-order valence-corrected chi connectivity index (χ2v) is 6.34. The first-order valence-electron chi connectivity index (χ1n) is 5.45. The van der Waals surface area contributed by atoms with Crippen molar-refractivity contribution < 1.29 is 12.8 Å². The van der Waals surface area contributed by atoms with Crippen LogP contribution in [-0.2, 0) is 10.0 Å². The molecule has 0 aliphatic rings. The van der Waals surface area contributed by atoms with E-state index in [4.69, 9.17) is 17.3 Å². The molecule has 7 heteroatoms. The van der Waals surface area contributed by atoms with Crippen LogP contribution >= 0.6 is 11.6 Å². The molecule has 0 spiro atoms. The molecule has 1 aromatic rings. The van der Waals surface area contributed by atoms with Crippen LogP contribution in [0.3, 0.4) is 0 Å². The molecule has 1 aromatic carbocycles. The molecule has 102 valence electrons. The lowest BCUT2D eigenvalue weighted by Gasteiger charge is -2.10. The highest BCUT2D eigenvalue weighted by molar-refractivity contribution is 7.89. The minimum absolute atomic E-state index is 0.0990. The first-order chi connectivity index (χ1) is 8.24. The largest absolute Gasteiger partial charge is 0.328 e. The lowest BCUT2D eigenvalue weighted by molar-refractivity contribution is 0.570. The average molecular weight is 295 g/mol. The Kier molecular flexibility index (Phi) is 5.10. The molecule has 4 nitrogen and oxygen atoms in total. The van der Waals surface area contributed by atoms with E-state index in [9.17, 15) is 12.8 Å². The first kappa shape index (κ1) is 15.4. The Bertz CT molecular complexity index is 532. The number of benzene rings is 1. The van der Waals surface area contributed by atoms with E-state index in [0.29, 0.717) is 6.42 Å². The minimum Gasteiger partial charge on any atom is -0.328 e. The summed E-state index contributed by atoms with van der Waals surface area (Å²) in [6.45, 7) is 3.47. The summed E-state index contributed by atoms with van der Waals surface area (Å²) < 4.78 is 39.4. The van der Waals surface area contributed by atoms with Crippen molar-refractivity contribution in [2.24, 2.45) is 5.73 Å². The Balaban J connectivity index is 2.95. The van der Waals surface area contributed by atoms with Gasteiger partial charge in [-0.25, -0.2) is 17.5 Å². The molecule has 0 aliphatic heterocycles. The predicted molar refractivity (Wildman–Crippen MR) is 69.6 cm³/mol. The van der Waals surface area contributed by atoms with E-state index in [2.05, 4.69) is 4.72 Å². The second kappa shape index (κ2) is 5.97. The zero-order valence-corrected chi connectivity index (χ0v) is 11.8. The van der Waals surface area contributed by atoms with Gasteiger partial charge in [0.25, 0.3) is 0 Å². The van der Waals surface area contributed by atoms with Gasteiger partial charge in [-0.2, -0.15) is 0 Å². The van der Waals surface area contributed by atoms with Crippen molar-refractivity contribution in [2.45, 2.75) is 31.2 Å². The van der Waals surface area contributed by atoms with Crippen molar-refractivity contribution in [1.29, 1.82) is 0 Å². The van der Waals surface area contributed by atoms with Crippen molar-refractivity contribution in [3.8, 4) is 0 Å². The van der Waals surface area contributed by atoms with E-state index in [1.54, 1.807) is 6.92 Å². The van der Waals surface area contributed by atoms with Gasteiger partial charge in [0.15, 0.2) is 0 Å². The molecular weight excluding hydrogens is 279 g/mol. The number of rotatable bonds is 5. The van der Waals surface area contributed by atoms with Gasteiger partial charge in [0.05, 0.1) is 5.02 Å². The molecule has 0 aromatic heterocycles. The summed E-state index contributed by atoms with van der Waals surface area (Å²) in [6.07, 6.45) is 0.511. The van der Waals surface area contributed by atoms with Crippen LogP contribution in [0.2, 0.25) is 5.02 Å². The zero-order chi connectivity index (χ0) is 13.9. The van der Waals surface area contributed by atoms with E-state index in [1.165, 1.54) is 13.0 Å². The molecule has 0 bridgehead atoms. The van der Waals surface area contributed by atoms with Crippen molar-refractivity contribution in [2.75, 3.05) is 6.54 Å². The first-order valence-corrected chi connectivity index (χ1v) is 7.31. The monoisotopic (exact) mass is 294 g/mol. The molecule has 1 rings (SSSR count). The van der Waals surface area contributed by atoms with E-state index < -0.39 is 15.8 Å². The fourth-order valence-electron chi connectivity index (χ4n) is 1.34. The Morgan fingerprint density at radius 2 is 2.11 bits per heavy atom. The van der Waals surface area contributed by atoms with E-state index in [-0.39, 0.29) is 28.1 Å². The molecular formula is C11H16ClFN2O2S. The number of aryl methyl sites for hydroxylation is 1. The van der Waals surface area contributed by atoms with Crippen LogP contribution in [-0.4, -0.2) is 21.0 Å². The highest BCUT2D eigenvalue weighted by atomic mass is 35.5. The molecule has 0 radical (unpaired) electrons. The Morgan fingerprint density at radius 1 is 1.50 bits per heavy atom. The van der Waals surface area contributed by atoms with Crippen molar-refractivity contribution in [1.82, 2.24) is 4.72 Å². The highest BCUT2D eigenvalue weighted by Crippen LogP contribution is 2.24. The maximum absolute atomic E-state index is 13.2. The lowest BCUT2D eigenvalue weighted by atomic mass is 10.2. The molecule has 0 saturated carbocycles. The summed E-state index contributed by atoms with van der Waals surface area (Å²) in [6, 6.07) is 2.11. The standard InChI is InChI=1S/C11H16ClFN2O2S/c1-7-5-11(9(12)6-10(7)13)18(16,17)15-4-3-8(2)14/h5-6,8,15H,3-4,14H2,1-2H3. The van der Waals surface area contributed by atoms with E-state index >= 15 is 0 Å². The fraction of sp³-hybridized carbons (Fsp3) is 0.455. The lowest BCUT2D eigenvalue weighted by Crippen LogP contribution is -2.29. The Morgan fingerprint density at radius 3 is 2.67 bits per heavy atom. The van der Waals surface area contributed by atoms with Crippen LogP contribution in [0.15, 0.2) is 17.0 Å². The van der Waals surface area contributed by atoms with E-state index in [1.807, 2.05) is 0 Å². The van der Waals surface area contributed by atoms with Gasteiger partial charge in [-0.1, -0.05) is 11.6 Å². The molecule has 0 amide bonds. The van der Waals surface area contributed by atoms with Gasteiger partial charge in [0.1, 0.15) is 10.7 Å². The van der Waals surface area contributed by atoms with Crippen LogP contribution in [0, 0.1) is 12.7 Å². The topological polar surface area (TPSA) is 72.2 Å². The quantitative estimate of drug-likeness (QED) is 0.870. The SMILES string of the molecule is Cc1cc(S(=O)(=O)NCCC(C)N)c(Cl)cc1F. The van der Waals surface area contributed by atoms with Gasteiger partial charge in [-0.05, 0) is 38.0 Å². The van der Waals surface area contributed by atoms with Gasteiger partial charge in [-0.3, -0.25) is 0 Å². The molecule has 18 heavy (non-hydrogen) atoms. The maximum atomic E-state index is 13.2. The summed E-state index contributed by atoms with van der Waals surface area (Å²) in [4.78, 5) is -0.118. The van der Waals surface area contributed by atoms with Crippen LogP contribution in [0.25, 0.3) is 0 Å². The molecule has 0 heterocycles. The molecule has 0 fully saturated rings. The summed E-state index contributed by atoms with van der Waals surface area (Å²) in [5, 5.41) is -0.133. The van der Waals surface area contributed by atoms with Crippen molar-refractivity contribution >= 4 is 21.6 Å². The third kappa shape index (κ3) is 3.91. The third-order valence-corrected chi connectivity index (χ3v) is 4.32. The minimum atomic E-state index is -3.73. The summed E-state index contributed by atoms with van der Waals surface area (Å²) >= 11 is 5.74. The molecule has 3 N–H and O–H groups in total. The summed E-state index contributed by atoms with van der Waals surface area (Å²) in [5.74, 6) is -0.533. The van der Waals surface area contributed by atoms with Gasteiger partial charge in [-0.15, -0.1) is 0 Å². The third-order valence-electron chi connectivity index (χ3n) is 2.39. The molecule has 0 saturated heterocycles. The van der Waals surface area contributed by atoms with Crippen molar-refractivity contribution in [3.05, 3.63) is 28.5 Å². The zero-order valence-electron chi connectivity index (χ0n) is 10.2. The number of nitrogens with one attached hydrogen (secondary N) is 1. The molecule has 1 atom stereocenters. The molecule has 0 aliphatic carbocycles. The summed E-state index contributed by atoms with van der Waals surface area (Å²) in [5.41, 5.74) is 5.75. The number of sulfonamides is 1. The van der Waals surface area contributed by atoms with Gasteiger partial charge in [0.2, 0.25) is 10.0 Å². The number of nitrogens with two attached hydrogens (primary N) is 1. The summed E-state index contributed by atoms with van der Waals surface area (Å²) in [7, 11) is -3.73. The van der Waals surface area contributed by atoms with Crippen LogP contribution in [0.1, 0.15) is 18.9 Å². The number of hydrogen-bond acceptors (Lipinski definition) is 3.